The van der Waals surface area contributed by atoms with Crippen LogP contribution in [0.5, 0.6) is 0 Å². The molecule has 0 unspecified atom stereocenters. The Balaban J connectivity index is 2.08. The lowest BCUT2D eigenvalue weighted by molar-refractivity contribution is -0.153. The number of nitrogens with zero attached hydrogens (tertiary/aromatic N) is 1. The molecule has 4 atom stereocenters. The maximum Gasteiger partial charge on any atom is 0.307 e. The van der Waals surface area contributed by atoms with E-state index in [1.54, 1.807) is 0 Å². The molecular weight excluding hydrogens is 314 g/mol. The van der Waals surface area contributed by atoms with Crippen molar-refractivity contribution in [2.45, 2.75) is 57.5 Å². The third-order valence-electron chi connectivity index (χ3n) is 5.02. The molecule has 0 aromatic carbocycles. The van der Waals surface area contributed by atoms with Crippen molar-refractivity contribution in [2.24, 2.45) is 17.6 Å². The average molecular weight is 339 g/mol. The van der Waals surface area contributed by atoms with Crippen molar-refractivity contribution in [2.75, 3.05) is 6.54 Å². The highest BCUT2D eigenvalue weighted by atomic mass is 16.4. The SMILES string of the molecule is C[C@H](NC(=O)[C@@H]1CCCN1C(=O)[C@H]1CCCC[C@@H]1C(=O)O)C(N)=O. The van der Waals surface area contributed by atoms with Gasteiger partial charge < -0.3 is 21.1 Å². The minimum Gasteiger partial charge on any atom is -0.481 e. The van der Waals surface area contributed by atoms with Gasteiger partial charge in [0.2, 0.25) is 17.7 Å². The number of carbonyl (C=O) groups excluding carboxylic acids is 3. The molecule has 0 radical (unpaired) electrons. The van der Waals surface area contributed by atoms with Gasteiger partial charge in [0.25, 0.3) is 0 Å². The smallest absolute Gasteiger partial charge is 0.307 e. The van der Waals surface area contributed by atoms with Gasteiger partial charge in [-0.15, -0.1) is 0 Å². The molecule has 134 valence electrons. The fourth-order valence-corrected chi connectivity index (χ4v) is 3.62. The number of primary amides is 1. The molecule has 1 saturated carbocycles. The van der Waals surface area contributed by atoms with Crippen molar-refractivity contribution >= 4 is 23.7 Å². The molecule has 24 heavy (non-hydrogen) atoms. The van der Waals surface area contributed by atoms with Gasteiger partial charge in [-0.3, -0.25) is 19.2 Å². The van der Waals surface area contributed by atoms with Gasteiger partial charge >= 0.3 is 5.97 Å². The largest absolute Gasteiger partial charge is 0.481 e. The first-order valence-electron chi connectivity index (χ1n) is 8.46. The Labute approximate surface area is 140 Å². The predicted molar refractivity (Wildman–Crippen MR) is 84.6 cm³/mol. The third-order valence-corrected chi connectivity index (χ3v) is 5.02. The first kappa shape index (κ1) is 18.2. The van der Waals surface area contributed by atoms with Gasteiger partial charge in [-0.1, -0.05) is 12.8 Å². The number of carbonyl (C=O) groups is 4. The predicted octanol–water partition coefficient (Wildman–Crippen LogP) is -0.142. The maximum atomic E-state index is 12.8. The lowest BCUT2D eigenvalue weighted by atomic mass is 9.78. The summed E-state index contributed by atoms with van der Waals surface area (Å²) in [6, 6.07) is -1.47. The zero-order chi connectivity index (χ0) is 17.9. The zero-order valence-corrected chi connectivity index (χ0v) is 13.9. The molecule has 2 fully saturated rings. The number of hydrogen-bond donors (Lipinski definition) is 3. The highest BCUT2D eigenvalue weighted by Gasteiger charge is 2.42. The van der Waals surface area contributed by atoms with Crippen LogP contribution in [0.25, 0.3) is 0 Å². The number of nitrogens with one attached hydrogen (secondary N) is 1. The summed E-state index contributed by atoms with van der Waals surface area (Å²) in [5.41, 5.74) is 5.15. The summed E-state index contributed by atoms with van der Waals surface area (Å²) in [7, 11) is 0. The van der Waals surface area contributed by atoms with Gasteiger partial charge in [0.1, 0.15) is 12.1 Å². The number of amides is 3. The van der Waals surface area contributed by atoms with Crippen LogP contribution >= 0.6 is 0 Å². The summed E-state index contributed by atoms with van der Waals surface area (Å²) in [5.74, 6) is -3.51. The van der Waals surface area contributed by atoms with Crippen LogP contribution in [0, 0.1) is 11.8 Å². The number of aliphatic carboxylic acids is 1. The molecule has 8 nitrogen and oxygen atoms in total. The summed E-state index contributed by atoms with van der Waals surface area (Å²) in [6.45, 7) is 1.92. The third kappa shape index (κ3) is 3.85. The fourth-order valence-electron chi connectivity index (χ4n) is 3.62. The number of nitrogens with two attached hydrogens (primary N) is 1. The van der Waals surface area contributed by atoms with E-state index in [-0.39, 0.29) is 5.91 Å². The van der Waals surface area contributed by atoms with Crippen molar-refractivity contribution in [3.05, 3.63) is 0 Å². The first-order valence-corrected chi connectivity index (χ1v) is 8.46. The summed E-state index contributed by atoms with van der Waals surface area (Å²) in [6.07, 6.45) is 3.85. The van der Waals surface area contributed by atoms with Crippen LogP contribution < -0.4 is 11.1 Å². The maximum absolute atomic E-state index is 12.8. The molecular formula is C16H25N3O5. The summed E-state index contributed by atoms with van der Waals surface area (Å²) >= 11 is 0. The van der Waals surface area contributed by atoms with Gasteiger partial charge in [-0.2, -0.15) is 0 Å². The van der Waals surface area contributed by atoms with Crippen LogP contribution in [0.4, 0.5) is 0 Å². The molecule has 0 spiro atoms. The lowest BCUT2D eigenvalue weighted by Crippen LogP contribution is -2.53. The Bertz CT molecular complexity index is 536. The van der Waals surface area contributed by atoms with Crippen molar-refractivity contribution in [1.82, 2.24) is 10.2 Å². The highest BCUT2D eigenvalue weighted by molar-refractivity contribution is 5.93. The number of rotatable bonds is 5. The van der Waals surface area contributed by atoms with E-state index < -0.39 is 41.7 Å². The molecule has 2 rings (SSSR count). The molecule has 0 bridgehead atoms. The molecule has 4 N–H and O–H groups in total. The summed E-state index contributed by atoms with van der Waals surface area (Å²) < 4.78 is 0. The van der Waals surface area contributed by atoms with Crippen LogP contribution in [-0.2, 0) is 19.2 Å². The van der Waals surface area contributed by atoms with Gasteiger partial charge in [0, 0.05) is 6.54 Å². The summed E-state index contributed by atoms with van der Waals surface area (Å²) in [5, 5.41) is 11.9. The highest BCUT2D eigenvalue weighted by Crippen LogP contribution is 2.33. The molecule has 0 aromatic heterocycles. The van der Waals surface area contributed by atoms with E-state index in [2.05, 4.69) is 5.32 Å². The van der Waals surface area contributed by atoms with Crippen molar-refractivity contribution in [3.8, 4) is 0 Å². The molecule has 8 heteroatoms. The van der Waals surface area contributed by atoms with Crippen LogP contribution in [0.2, 0.25) is 0 Å². The minimum atomic E-state index is -0.949. The second kappa shape index (κ2) is 7.63. The Morgan fingerprint density at radius 2 is 1.71 bits per heavy atom. The van der Waals surface area contributed by atoms with E-state index in [0.717, 1.165) is 12.8 Å². The van der Waals surface area contributed by atoms with Gasteiger partial charge in [0.05, 0.1) is 11.8 Å². The first-order chi connectivity index (χ1) is 11.3. The van der Waals surface area contributed by atoms with E-state index in [9.17, 15) is 24.3 Å². The second-order valence-corrected chi connectivity index (χ2v) is 6.66. The van der Waals surface area contributed by atoms with E-state index in [1.807, 2.05) is 0 Å². The van der Waals surface area contributed by atoms with Gasteiger partial charge in [0.15, 0.2) is 0 Å². The Morgan fingerprint density at radius 1 is 1.08 bits per heavy atom. The average Bonchev–Trinajstić information content (AvgIpc) is 3.03. The standard InChI is InChI=1S/C16H25N3O5/c1-9(13(17)20)18-14(21)12-7-4-8-19(12)15(22)10-5-2-3-6-11(10)16(23)24/h9-12H,2-8H2,1H3,(H2,17,20)(H,18,21)(H,23,24)/t9-,10-,11-,12-/m0/s1. The van der Waals surface area contributed by atoms with Crippen molar-refractivity contribution in [3.63, 3.8) is 0 Å². The normalized spacial score (nSPS) is 28.2. The van der Waals surface area contributed by atoms with Crippen LogP contribution in [-0.4, -0.2) is 52.3 Å². The van der Waals surface area contributed by atoms with E-state index in [4.69, 9.17) is 5.73 Å². The Kier molecular flexibility index (Phi) is 5.80. The van der Waals surface area contributed by atoms with Gasteiger partial charge in [-0.25, -0.2) is 0 Å². The molecule has 0 aromatic rings. The van der Waals surface area contributed by atoms with Crippen molar-refractivity contribution < 1.29 is 24.3 Å². The summed E-state index contributed by atoms with van der Waals surface area (Å²) in [4.78, 5) is 49.2. The molecule has 2 aliphatic rings. The Hall–Kier alpha value is -2.12. The number of carboxylic acids is 1. The van der Waals surface area contributed by atoms with E-state index >= 15 is 0 Å². The minimum absolute atomic E-state index is 0.258. The number of carboxylic acid groups (broad SMARTS) is 1. The van der Waals surface area contributed by atoms with Crippen LogP contribution in [0.3, 0.4) is 0 Å². The van der Waals surface area contributed by atoms with Crippen molar-refractivity contribution in [1.29, 1.82) is 0 Å². The monoisotopic (exact) mass is 339 g/mol. The molecule has 1 aliphatic carbocycles. The quantitative estimate of drug-likeness (QED) is 0.642. The molecule has 3 amide bonds. The van der Waals surface area contributed by atoms with Crippen LogP contribution in [0.15, 0.2) is 0 Å². The molecule has 1 heterocycles. The fraction of sp³-hybridized carbons (Fsp3) is 0.750. The number of hydrogen-bond acceptors (Lipinski definition) is 4. The molecule has 1 aliphatic heterocycles. The van der Waals surface area contributed by atoms with Crippen LogP contribution in [0.1, 0.15) is 45.4 Å². The Morgan fingerprint density at radius 3 is 2.29 bits per heavy atom. The lowest BCUT2D eigenvalue weighted by Gasteiger charge is -2.33. The number of likely N-dealkylation sites (tertiary alicyclic amines) is 1. The topological polar surface area (TPSA) is 130 Å². The van der Waals surface area contributed by atoms with Gasteiger partial charge in [-0.05, 0) is 32.6 Å². The molecule has 1 saturated heterocycles. The second-order valence-electron chi connectivity index (χ2n) is 6.66. The zero-order valence-electron chi connectivity index (χ0n) is 13.9. The van der Waals surface area contributed by atoms with E-state index in [0.29, 0.717) is 32.2 Å². The van der Waals surface area contributed by atoms with E-state index in [1.165, 1.54) is 11.8 Å².